The average Bonchev–Trinajstić information content (AvgIpc) is 2.03. The summed E-state index contributed by atoms with van der Waals surface area (Å²) in [6, 6.07) is 2.09. The quantitative estimate of drug-likeness (QED) is 0.632. The Hall–Kier alpha value is -1.43. The van der Waals surface area contributed by atoms with Crippen molar-refractivity contribution in [3.05, 3.63) is 23.8 Å². The SMILES string of the molecule is Cc1ncncc1CCC#N. The van der Waals surface area contributed by atoms with Crippen LogP contribution in [0.5, 0.6) is 0 Å². The maximum atomic E-state index is 8.33. The molecule has 0 aliphatic carbocycles. The molecule has 3 nitrogen and oxygen atoms in total. The van der Waals surface area contributed by atoms with Crippen LogP contribution >= 0.6 is 0 Å². The third-order valence-electron chi connectivity index (χ3n) is 1.52. The van der Waals surface area contributed by atoms with Crippen LogP contribution in [0.15, 0.2) is 12.5 Å². The van der Waals surface area contributed by atoms with E-state index in [4.69, 9.17) is 5.26 Å². The van der Waals surface area contributed by atoms with Gasteiger partial charge in [-0.25, -0.2) is 9.97 Å². The first-order valence-electron chi connectivity index (χ1n) is 3.47. The van der Waals surface area contributed by atoms with Crippen molar-refractivity contribution in [3.63, 3.8) is 0 Å². The van der Waals surface area contributed by atoms with Gasteiger partial charge in [0, 0.05) is 18.3 Å². The largest absolute Gasteiger partial charge is 0.245 e. The molecule has 0 saturated carbocycles. The summed E-state index contributed by atoms with van der Waals surface area (Å²) in [6.07, 6.45) is 4.57. The van der Waals surface area contributed by atoms with Gasteiger partial charge in [0.05, 0.1) is 6.07 Å². The minimum atomic E-state index is 0.536. The van der Waals surface area contributed by atoms with Gasteiger partial charge in [-0.15, -0.1) is 0 Å². The standard InChI is InChI=1S/C8H9N3/c1-7-8(3-2-4-9)5-10-6-11-7/h5-6H,2-3H2,1H3. The number of nitriles is 1. The Morgan fingerprint density at radius 1 is 1.64 bits per heavy atom. The van der Waals surface area contributed by atoms with Gasteiger partial charge in [-0.3, -0.25) is 0 Å². The van der Waals surface area contributed by atoms with E-state index < -0.39 is 0 Å². The second-order valence-electron chi connectivity index (χ2n) is 2.29. The van der Waals surface area contributed by atoms with E-state index in [1.165, 1.54) is 6.33 Å². The molecule has 56 valence electrons. The van der Waals surface area contributed by atoms with Crippen molar-refractivity contribution in [2.75, 3.05) is 0 Å². The smallest absolute Gasteiger partial charge is 0.115 e. The van der Waals surface area contributed by atoms with Crippen molar-refractivity contribution < 1.29 is 0 Å². The first kappa shape index (κ1) is 7.67. The third-order valence-corrected chi connectivity index (χ3v) is 1.52. The number of hydrogen-bond donors (Lipinski definition) is 0. The molecular formula is C8H9N3. The fraction of sp³-hybridized carbons (Fsp3) is 0.375. The predicted octanol–water partition coefficient (Wildman–Crippen LogP) is 1.24. The maximum absolute atomic E-state index is 8.33. The molecule has 0 aliphatic rings. The van der Waals surface area contributed by atoms with Crippen LogP contribution in [0, 0.1) is 18.3 Å². The van der Waals surface area contributed by atoms with Crippen LogP contribution in [0.2, 0.25) is 0 Å². The van der Waals surface area contributed by atoms with Gasteiger partial charge in [0.2, 0.25) is 0 Å². The van der Waals surface area contributed by atoms with Crippen molar-refractivity contribution in [1.82, 2.24) is 9.97 Å². The van der Waals surface area contributed by atoms with Crippen LogP contribution in [0.4, 0.5) is 0 Å². The van der Waals surface area contributed by atoms with E-state index >= 15 is 0 Å². The average molecular weight is 147 g/mol. The molecule has 0 amide bonds. The fourth-order valence-electron chi connectivity index (χ4n) is 0.856. The van der Waals surface area contributed by atoms with E-state index in [9.17, 15) is 0 Å². The van der Waals surface area contributed by atoms with Crippen molar-refractivity contribution in [1.29, 1.82) is 5.26 Å². The molecule has 0 aliphatic heterocycles. The molecule has 0 fully saturated rings. The Labute approximate surface area is 65.7 Å². The summed E-state index contributed by atoms with van der Waals surface area (Å²) >= 11 is 0. The van der Waals surface area contributed by atoms with Crippen LogP contribution in [0.3, 0.4) is 0 Å². The van der Waals surface area contributed by atoms with Gasteiger partial charge in [0.25, 0.3) is 0 Å². The van der Waals surface area contributed by atoms with E-state index in [1.54, 1.807) is 6.20 Å². The lowest BCUT2D eigenvalue weighted by Gasteiger charge is -1.98. The number of nitrogens with zero attached hydrogens (tertiary/aromatic N) is 3. The van der Waals surface area contributed by atoms with Crippen molar-refractivity contribution >= 4 is 0 Å². The molecule has 1 aromatic rings. The van der Waals surface area contributed by atoms with Crippen LogP contribution in [0.1, 0.15) is 17.7 Å². The Morgan fingerprint density at radius 3 is 3.09 bits per heavy atom. The van der Waals surface area contributed by atoms with Crippen LogP contribution in [-0.2, 0) is 6.42 Å². The van der Waals surface area contributed by atoms with Crippen molar-refractivity contribution in [2.24, 2.45) is 0 Å². The van der Waals surface area contributed by atoms with E-state index in [0.29, 0.717) is 6.42 Å². The Bertz CT molecular complexity index is 275. The van der Waals surface area contributed by atoms with Crippen molar-refractivity contribution in [3.8, 4) is 6.07 Å². The number of aromatic nitrogens is 2. The monoisotopic (exact) mass is 147 g/mol. The summed E-state index contributed by atoms with van der Waals surface area (Å²) < 4.78 is 0. The van der Waals surface area contributed by atoms with Crippen LogP contribution in [-0.4, -0.2) is 9.97 Å². The highest BCUT2D eigenvalue weighted by atomic mass is 14.8. The lowest BCUT2D eigenvalue weighted by Crippen LogP contribution is -1.92. The first-order valence-corrected chi connectivity index (χ1v) is 3.47. The number of rotatable bonds is 2. The van der Waals surface area contributed by atoms with E-state index in [1.807, 2.05) is 6.92 Å². The van der Waals surface area contributed by atoms with E-state index in [0.717, 1.165) is 17.7 Å². The summed E-state index contributed by atoms with van der Waals surface area (Å²) in [5.41, 5.74) is 2.03. The molecular weight excluding hydrogens is 138 g/mol. The van der Waals surface area contributed by atoms with Gasteiger partial charge < -0.3 is 0 Å². The van der Waals surface area contributed by atoms with Gasteiger partial charge in [0.15, 0.2) is 0 Å². The summed E-state index contributed by atoms with van der Waals surface area (Å²) in [4.78, 5) is 7.89. The molecule has 0 unspecified atom stereocenters. The lowest BCUT2D eigenvalue weighted by molar-refractivity contribution is 0.940. The fourth-order valence-corrected chi connectivity index (χ4v) is 0.856. The summed E-state index contributed by atoms with van der Waals surface area (Å²) in [7, 11) is 0. The molecule has 0 N–H and O–H groups in total. The molecule has 0 bridgehead atoms. The Kier molecular flexibility index (Phi) is 2.56. The Balaban J connectivity index is 2.71. The zero-order valence-electron chi connectivity index (χ0n) is 6.41. The zero-order chi connectivity index (χ0) is 8.10. The molecule has 0 atom stereocenters. The predicted molar refractivity (Wildman–Crippen MR) is 40.7 cm³/mol. The molecule has 0 spiro atoms. The molecule has 0 radical (unpaired) electrons. The minimum absolute atomic E-state index is 0.536. The second kappa shape index (κ2) is 3.67. The highest BCUT2D eigenvalue weighted by molar-refractivity contribution is 5.14. The van der Waals surface area contributed by atoms with Crippen LogP contribution in [0.25, 0.3) is 0 Å². The molecule has 3 heteroatoms. The van der Waals surface area contributed by atoms with E-state index in [2.05, 4.69) is 16.0 Å². The number of aryl methyl sites for hydroxylation is 2. The minimum Gasteiger partial charge on any atom is -0.245 e. The Morgan fingerprint density at radius 2 is 2.45 bits per heavy atom. The highest BCUT2D eigenvalue weighted by Gasteiger charge is 1.96. The summed E-state index contributed by atoms with van der Waals surface area (Å²) in [5.74, 6) is 0. The number of hydrogen-bond acceptors (Lipinski definition) is 3. The molecule has 1 heterocycles. The first-order chi connectivity index (χ1) is 5.34. The molecule has 1 rings (SSSR count). The van der Waals surface area contributed by atoms with Gasteiger partial charge in [-0.05, 0) is 18.9 Å². The normalized spacial score (nSPS) is 9.09. The maximum Gasteiger partial charge on any atom is 0.115 e. The molecule has 0 aromatic carbocycles. The van der Waals surface area contributed by atoms with Crippen molar-refractivity contribution in [2.45, 2.75) is 19.8 Å². The van der Waals surface area contributed by atoms with Gasteiger partial charge in [-0.2, -0.15) is 5.26 Å². The van der Waals surface area contributed by atoms with E-state index in [-0.39, 0.29) is 0 Å². The molecule has 0 saturated heterocycles. The second-order valence-corrected chi connectivity index (χ2v) is 2.29. The van der Waals surface area contributed by atoms with Gasteiger partial charge in [0.1, 0.15) is 6.33 Å². The summed E-state index contributed by atoms with van der Waals surface area (Å²) in [5, 5.41) is 8.33. The van der Waals surface area contributed by atoms with Gasteiger partial charge in [-0.1, -0.05) is 0 Å². The highest BCUT2D eigenvalue weighted by Crippen LogP contribution is 2.03. The zero-order valence-corrected chi connectivity index (χ0v) is 6.41. The molecule has 1 aromatic heterocycles. The topological polar surface area (TPSA) is 49.6 Å². The summed E-state index contributed by atoms with van der Waals surface area (Å²) in [6.45, 7) is 1.92. The lowest BCUT2D eigenvalue weighted by atomic mass is 10.1. The molecule has 11 heavy (non-hydrogen) atoms. The van der Waals surface area contributed by atoms with Crippen LogP contribution < -0.4 is 0 Å². The van der Waals surface area contributed by atoms with Gasteiger partial charge >= 0.3 is 0 Å². The third kappa shape index (κ3) is 2.01.